The number of nitrogens with one attached hydrogen (secondary N) is 1. The molecule has 3 atom stereocenters. The minimum Gasteiger partial charge on any atom is -0.369 e. The number of nitrogens with zero attached hydrogens (tertiary/aromatic N) is 1. The van der Waals surface area contributed by atoms with Crippen molar-refractivity contribution in [1.29, 1.82) is 0 Å². The van der Waals surface area contributed by atoms with Gasteiger partial charge in [0.15, 0.2) is 11.6 Å². The standard InChI is InChI=1S/C18H20F6N2O/c1-17(2)10-7-26(8-11(10)17)16(27)14(3-4-18(22,23)24)25-15-12(20)5-9(19)6-13(15)21/h5-6,10-11,14,25H,3-4,7-8H2,1-2H3/t10-,11+,14-/m1/s1. The van der Waals surface area contributed by atoms with Crippen molar-refractivity contribution < 1.29 is 31.1 Å². The molecule has 1 N–H and O–H groups in total. The van der Waals surface area contributed by atoms with Crippen LogP contribution in [0.25, 0.3) is 0 Å². The lowest BCUT2D eigenvalue weighted by atomic mass is 10.0. The average Bonchev–Trinajstić information content (AvgIpc) is 2.88. The summed E-state index contributed by atoms with van der Waals surface area (Å²) in [4.78, 5) is 14.1. The molecular formula is C18H20F6N2O. The lowest BCUT2D eigenvalue weighted by molar-refractivity contribution is -0.141. The first-order chi connectivity index (χ1) is 12.4. The van der Waals surface area contributed by atoms with Crippen LogP contribution in [0.15, 0.2) is 12.1 Å². The van der Waals surface area contributed by atoms with Gasteiger partial charge in [0.2, 0.25) is 5.91 Å². The Morgan fingerprint density at radius 3 is 2.19 bits per heavy atom. The minimum absolute atomic E-state index is 0.0981. The van der Waals surface area contributed by atoms with Gasteiger partial charge < -0.3 is 10.2 Å². The number of anilines is 1. The zero-order valence-electron chi connectivity index (χ0n) is 14.8. The number of carbonyl (C=O) groups is 1. The van der Waals surface area contributed by atoms with E-state index in [4.69, 9.17) is 0 Å². The number of piperidine rings is 1. The van der Waals surface area contributed by atoms with Crippen molar-refractivity contribution in [2.45, 2.75) is 38.9 Å². The Balaban J connectivity index is 1.76. The molecule has 150 valence electrons. The molecule has 0 spiro atoms. The van der Waals surface area contributed by atoms with Crippen LogP contribution in [0.3, 0.4) is 0 Å². The molecule has 27 heavy (non-hydrogen) atoms. The van der Waals surface area contributed by atoms with Gasteiger partial charge in [-0.25, -0.2) is 13.2 Å². The fourth-order valence-corrected chi connectivity index (χ4v) is 3.95. The summed E-state index contributed by atoms with van der Waals surface area (Å²) in [7, 11) is 0. The van der Waals surface area contributed by atoms with Crippen LogP contribution in [-0.2, 0) is 4.79 Å². The van der Waals surface area contributed by atoms with Crippen LogP contribution in [0.2, 0.25) is 0 Å². The van der Waals surface area contributed by atoms with Gasteiger partial charge in [0, 0.05) is 31.6 Å². The van der Waals surface area contributed by atoms with E-state index in [0.29, 0.717) is 25.2 Å². The van der Waals surface area contributed by atoms with E-state index in [1.807, 2.05) is 0 Å². The van der Waals surface area contributed by atoms with E-state index < -0.39 is 54.1 Å². The summed E-state index contributed by atoms with van der Waals surface area (Å²) in [5, 5.41) is 2.23. The van der Waals surface area contributed by atoms with Crippen LogP contribution in [0, 0.1) is 34.7 Å². The Morgan fingerprint density at radius 2 is 1.70 bits per heavy atom. The molecule has 0 aromatic heterocycles. The third-order valence-electron chi connectivity index (χ3n) is 5.77. The Hall–Kier alpha value is -1.93. The van der Waals surface area contributed by atoms with Crippen LogP contribution in [0.4, 0.5) is 32.0 Å². The lowest BCUT2D eigenvalue weighted by Gasteiger charge is -2.28. The number of likely N-dealkylation sites (tertiary alicyclic amines) is 1. The number of hydrogen-bond acceptors (Lipinski definition) is 2. The topological polar surface area (TPSA) is 32.3 Å². The molecule has 1 aromatic rings. The van der Waals surface area contributed by atoms with Crippen molar-refractivity contribution in [3.63, 3.8) is 0 Å². The van der Waals surface area contributed by atoms with Crippen molar-refractivity contribution in [3.8, 4) is 0 Å². The molecule has 1 saturated carbocycles. The first kappa shape index (κ1) is 19.8. The van der Waals surface area contributed by atoms with Crippen molar-refractivity contribution in [1.82, 2.24) is 4.90 Å². The first-order valence-electron chi connectivity index (χ1n) is 8.67. The number of benzene rings is 1. The Kier molecular flexibility index (Phi) is 4.84. The maximum absolute atomic E-state index is 13.9. The van der Waals surface area contributed by atoms with Crippen LogP contribution in [0.1, 0.15) is 26.7 Å². The lowest BCUT2D eigenvalue weighted by Crippen LogP contribution is -2.44. The van der Waals surface area contributed by atoms with Gasteiger partial charge in [0.25, 0.3) is 0 Å². The van der Waals surface area contributed by atoms with E-state index in [1.54, 1.807) is 0 Å². The van der Waals surface area contributed by atoms with Crippen LogP contribution in [-0.4, -0.2) is 36.1 Å². The molecule has 0 bridgehead atoms. The molecule has 1 saturated heterocycles. The summed E-state index contributed by atoms with van der Waals surface area (Å²) in [6, 6.07) is -0.643. The average molecular weight is 394 g/mol. The highest BCUT2D eigenvalue weighted by atomic mass is 19.4. The molecule has 2 fully saturated rings. The monoisotopic (exact) mass is 394 g/mol. The van der Waals surface area contributed by atoms with Crippen LogP contribution < -0.4 is 5.32 Å². The van der Waals surface area contributed by atoms with Crippen molar-refractivity contribution in [2.75, 3.05) is 18.4 Å². The van der Waals surface area contributed by atoms with E-state index in [-0.39, 0.29) is 17.3 Å². The number of rotatable bonds is 5. The molecule has 3 rings (SSSR count). The first-order valence-corrected chi connectivity index (χ1v) is 8.67. The molecule has 9 heteroatoms. The summed E-state index contributed by atoms with van der Waals surface area (Å²) in [6.45, 7) is 4.95. The zero-order chi connectivity index (χ0) is 20.1. The second kappa shape index (κ2) is 6.60. The number of hydrogen-bond donors (Lipinski definition) is 1. The molecule has 1 aliphatic heterocycles. The number of amides is 1. The third kappa shape index (κ3) is 4.01. The zero-order valence-corrected chi connectivity index (χ0v) is 14.8. The van der Waals surface area contributed by atoms with E-state index in [0.717, 1.165) is 0 Å². The fourth-order valence-electron chi connectivity index (χ4n) is 3.95. The summed E-state index contributed by atoms with van der Waals surface area (Å²) in [6.07, 6.45) is -6.48. The molecule has 1 aromatic carbocycles. The predicted octanol–water partition coefficient (Wildman–Crippen LogP) is 4.34. The SMILES string of the molecule is CC1(C)[C@@H]2CN(C(=O)[C@@H](CCC(F)(F)F)Nc3c(F)cc(F)cc3F)C[C@@H]21. The normalized spacial score (nSPS) is 24.5. The molecule has 0 radical (unpaired) electrons. The summed E-state index contributed by atoms with van der Waals surface area (Å²) < 4.78 is 78.7. The molecular weight excluding hydrogens is 374 g/mol. The molecule has 1 heterocycles. The third-order valence-corrected chi connectivity index (χ3v) is 5.77. The molecule has 0 unspecified atom stereocenters. The summed E-state index contributed by atoms with van der Waals surface area (Å²) in [5.41, 5.74) is -0.706. The number of fused-ring (bicyclic) bond motifs is 1. The second-order valence-electron chi connectivity index (χ2n) is 7.87. The molecule has 2 aliphatic rings. The number of halogens is 6. The van der Waals surface area contributed by atoms with Gasteiger partial charge in [-0.05, 0) is 23.7 Å². The van der Waals surface area contributed by atoms with Gasteiger partial charge in [-0.3, -0.25) is 4.79 Å². The Morgan fingerprint density at radius 1 is 1.19 bits per heavy atom. The van der Waals surface area contributed by atoms with E-state index in [9.17, 15) is 31.1 Å². The second-order valence-corrected chi connectivity index (χ2v) is 7.87. The van der Waals surface area contributed by atoms with Gasteiger partial charge in [-0.1, -0.05) is 13.8 Å². The van der Waals surface area contributed by atoms with Gasteiger partial charge in [0.05, 0.1) is 0 Å². The predicted molar refractivity (Wildman–Crippen MR) is 86.4 cm³/mol. The highest BCUT2D eigenvalue weighted by Crippen LogP contribution is 2.62. The highest BCUT2D eigenvalue weighted by Gasteiger charge is 2.62. The van der Waals surface area contributed by atoms with E-state index in [2.05, 4.69) is 19.2 Å². The van der Waals surface area contributed by atoms with E-state index >= 15 is 0 Å². The summed E-state index contributed by atoms with van der Waals surface area (Å²) >= 11 is 0. The van der Waals surface area contributed by atoms with Crippen LogP contribution in [0.5, 0.6) is 0 Å². The largest absolute Gasteiger partial charge is 0.389 e. The van der Waals surface area contributed by atoms with Gasteiger partial charge in [-0.2, -0.15) is 13.2 Å². The fraction of sp³-hybridized carbons (Fsp3) is 0.611. The van der Waals surface area contributed by atoms with Crippen LogP contribution >= 0.6 is 0 Å². The maximum atomic E-state index is 13.9. The van der Waals surface area contributed by atoms with Gasteiger partial charge in [-0.15, -0.1) is 0 Å². The molecule has 3 nitrogen and oxygen atoms in total. The van der Waals surface area contributed by atoms with Crippen molar-refractivity contribution in [2.24, 2.45) is 17.3 Å². The molecule has 1 amide bonds. The molecule has 1 aliphatic carbocycles. The van der Waals surface area contributed by atoms with E-state index in [1.165, 1.54) is 4.90 Å². The smallest absolute Gasteiger partial charge is 0.369 e. The quantitative estimate of drug-likeness (QED) is 0.754. The summed E-state index contributed by atoms with van der Waals surface area (Å²) in [5.74, 6) is -3.83. The Labute approximate surface area is 152 Å². The minimum atomic E-state index is -4.52. The van der Waals surface area contributed by atoms with Gasteiger partial charge in [0.1, 0.15) is 17.5 Å². The van der Waals surface area contributed by atoms with Crippen molar-refractivity contribution >= 4 is 11.6 Å². The Bertz CT molecular complexity index is 711. The van der Waals surface area contributed by atoms with Crippen molar-refractivity contribution in [3.05, 3.63) is 29.6 Å². The highest BCUT2D eigenvalue weighted by molar-refractivity contribution is 5.85. The number of carbonyl (C=O) groups excluding carboxylic acids is 1. The maximum Gasteiger partial charge on any atom is 0.389 e. The van der Waals surface area contributed by atoms with Gasteiger partial charge >= 0.3 is 6.18 Å². The number of alkyl halides is 3.